The van der Waals surface area contributed by atoms with E-state index in [1.165, 1.54) is 4.88 Å². The molecule has 0 aliphatic heterocycles. The first-order valence-corrected chi connectivity index (χ1v) is 5.05. The first-order valence-electron chi connectivity index (χ1n) is 4.24. The summed E-state index contributed by atoms with van der Waals surface area (Å²) < 4.78 is 5.06. The van der Waals surface area contributed by atoms with E-state index in [1.54, 1.807) is 25.4 Å². The molecule has 0 spiro atoms. The first kappa shape index (κ1) is 10.5. The van der Waals surface area contributed by atoms with E-state index in [9.17, 15) is 0 Å². The van der Waals surface area contributed by atoms with Crippen molar-refractivity contribution in [2.45, 2.75) is 19.6 Å². The third kappa shape index (κ3) is 3.76. The largest absolute Gasteiger partial charge is 0.487 e. The van der Waals surface area contributed by atoms with Gasteiger partial charge in [0.25, 0.3) is 0 Å². The number of thiophene rings is 1. The summed E-state index contributed by atoms with van der Waals surface area (Å²) in [6, 6.07) is 3.97. The molecule has 0 aromatic carbocycles. The van der Waals surface area contributed by atoms with Gasteiger partial charge in [0.05, 0.1) is 13.2 Å². The maximum absolute atomic E-state index is 9.00. The van der Waals surface area contributed by atoms with Gasteiger partial charge >= 0.3 is 0 Å². The average Bonchev–Trinajstić information content (AvgIpc) is 2.52. The first-order chi connectivity index (χ1) is 6.22. The van der Waals surface area contributed by atoms with Crippen molar-refractivity contribution >= 4 is 11.3 Å². The van der Waals surface area contributed by atoms with E-state index in [-0.39, 0.29) is 6.10 Å². The standard InChI is InChI=1S/C9H15NO2S/c1-7(11)5-10-6-8-3-4-9(12-2)13-8/h3-4,7,10-11H,5-6H2,1-2H3/t7-/m1/s1. The Morgan fingerprint density at radius 2 is 2.38 bits per heavy atom. The average molecular weight is 201 g/mol. The summed E-state index contributed by atoms with van der Waals surface area (Å²) in [7, 11) is 1.67. The van der Waals surface area contributed by atoms with Crippen molar-refractivity contribution in [3.63, 3.8) is 0 Å². The van der Waals surface area contributed by atoms with Crippen LogP contribution < -0.4 is 10.1 Å². The van der Waals surface area contributed by atoms with Crippen LogP contribution in [0.3, 0.4) is 0 Å². The Kier molecular flexibility index (Phi) is 4.21. The second kappa shape index (κ2) is 5.21. The summed E-state index contributed by atoms with van der Waals surface area (Å²) in [6.07, 6.45) is -0.290. The molecule has 1 rings (SSSR count). The van der Waals surface area contributed by atoms with Crippen molar-refractivity contribution in [3.05, 3.63) is 17.0 Å². The Hall–Kier alpha value is -0.580. The molecule has 0 unspecified atom stereocenters. The fraction of sp³-hybridized carbons (Fsp3) is 0.556. The number of nitrogens with one attached hydrogen (secondary N) is 1. The zero-order valence-corrected chi connectivity index (χ0v) is 8.73. The van der Waals surface area contributed by atoms with E-state index >= 15 is 0 Å². The van der Waals surface area contributed by atoms with Crippen LogP contribution in [0.2, 0.25) is 0 Å². The van der Waals surface area contributed by atoms with Crippen molar-refractivity contribution < 1.29 is 9.84 Å². The fourth-order valence-electron chi connectivity index (χ4n) is 0.967. The van der Waals surface area contributed by atoms with Crippen LogP contribution in [-0.2, 0) is 6.54 Å². The van der Waals surface area contributed by atoms with Crippen LogP contribution in [0.5, 0.6) is 5.06 Å². The summed E-state index contributed by atoms with van der Waals surface area (Å²) in [5, 5.41) is 13.1. The number of rotatable bonds is 5. The molecule has 0 saturated heterocycles. The van der Waals surface area contributed by atoms with E-state index in [0.29, 0.717) is 6.54 Å². The zero-order chi connectivity index (χ0) is 9.68. The molecule has 1 heterocycles. The molecule has 2 N–H and O–H groups in total. The van der Waals surface area contributed by atoms with Crippen LogP contribution >= 0.6 is 11.3 Å². The molecule has 1 aromatic heterocycles. The summed E-state index contributed by atoms with van der Waals surface area (Å²) in [5.41, 5.74) is 0. The highest BCUT2D eigenvalue weighted by Gasteiger charge is 1.99. The molecule has 0 amide bonds. The second-order valence-corrected chi connectivity index (χ2v) is 4.04. The van der Waals surface area contributed by atoms with Crippen molar-refractivity contribution in [2.24, 2.45) is 0 Å². The second-order valence-electron chi connectivity index (χ2n) is 2.90. The molecule has 1 aromatic rings. The molecule has 3 nitrogen and oxygen atoms in total. The Morgan fingerprint density at radius 1 is 1.62 bits per heavy atom. The molecule has 0 fully saturated rings. The van der Waals surface area contributed by atoms with Gasteiger partial charge in [0.2, 0.25) is 0 Å². The van der Waals surface area contributed by atoms with Gasteiger partial charge in [0.15, 0.2) is 5.06 Å². The van der Waals surface area contributed by atoms with Gasteiger partial charge in [-0.25, -0.2) is 0 Å². The smallest absolute Gasteiger partial charge is 0.173 e. The lowest BCUT2D eigenvalue weighted by Gasteiger charge is -2.04. The zero-order valence-electron chi connectivity index (χ0n) is 7.91. The normalized spacial score (nSPS) is 12.8. The number of hydrogen-bond acceptors (Lipinski definition) is 4. The van der Waals surface area contributed by atoms with Crippen LogP contribution in [0.15, 0.2) is 12.1 Å². The summed E-state index contributed by atoms with van der Waals surface area (Å²) in [6.45, 7) is 3.18. The van der Waals surface area contributed by atoms with Gasteiger partial charge in [-0.15, -0.1) is 11.3 Å². The van der Waals surface area contributed by atoms with Crippen LogP contribution in [-0.4, -0.2) is 24.9 Å². The maximum atomic E-state index is 9.00. The van der Waals surface area contributed by atoms with Crippen LogP contribution in [0, 0.1) is 0 Å². The van der Waals surface area contributed by atoms with E-state index in [1.807, 2.05) is 12.1 Å². The summed E-state index contributed by atoms with van der Waals surface area (Å²) in [4.78, 5) is 1.22. The highest BCUT2D eigenvalue weighted by Crippen LogP contribution is 2.23. The number of hydrogen-bond donors (Lipinski definition) is 2. The third-order valence-corrected chi connectivity index (χ3v) is 2.62. The van der Waals surface area contributed by atoms with Gasteiger partial charge in [-0.05, 0) is 19.1 Å². The minimum Gasteiger partial charge on any atom is -0.487 e. The molecule has 1 atom stereocenters. The Labute approximate surface area is 82.4 Å². The summed E-state index contributed by atoms with van der Waals surface area (Å²) in [5.74, 6) is 0. The molecule has 0 radical (unpaired) electrons. The highest BCUT2D eigenvalue weighted by molar-refractivity contribution is 7.13. The predicted octanol–water partition coefficient (Wildman–Crippen LogP) is 1.23. The number of methoxy groups -OCH3 is 1. The Bertz CT molecular complexity index is 248. The fourth-order valence-corrected chi connectivity index (χ4v) is 1.76. The number of aliphatic hydroxyl groups excluding tert-OH is 1. The van der Waals surface area contributed by atoms with Crippen molar-refractivity contribution in [1.82, 2.24) is 5.32 Å². The molecular formula is C9H15NO2S. The van der Waals surface area contributed by atoms with Gasteiger partial charge < -0.3 is 15.2 Å². The lowest BCUT2D eigenvalue weighted by atomic mass is 10.4. The molecule has 0 aliphatic rings. The van der Waals surface area contributed by atoms with Crippen LogP contribution in [0.1, 0.15) is 11.8 Å². The molecule has 0 saturated carbocycles. The molecule has 74 valence electrons. The molecule has 0 aliphatic carbocycles. The number of aliphatic hydroxyl groups is 1. The van der Waals surface area contributed by atoms with E-state index in [4.69, 9.17) is 9.84 Å². The van der Waals surface area contributed by atoms with Gasteiger partial charge in [-0.1, -0.05) is 0 Å². The Morgan fingerprint density at radius 3 is 2.92 bits per heavy atom. The summed E-state index contributed by atoms with van der Waals surface area (Å²) >= 11 is 1.62. The molecule has 0 bridgehead atoms. The quantitative estimate of drug-likeness (QED) is 0.753. The number of ether oxygens (including phenoxy) is 1. The monoisotopic (exact) mass is 201 g/mol. The van der Waals surface area contributed by atoms with Crippen molar-refractivity contribution in [1.29, 1.82) is 0 Å². The van der Waals surface area contributed by atoms with E-state index in [2.05, 4.69) is 5.32 Å². The SMILES string of the molecule is COc1ccc(CNC[C@@H](C)O)s1. The minimum absolute atomic E-state index is 0.290. The van der Waals surface area contributed by atoms with E-state index in [0.717, 1.165) is 11.6 Å². The third-order valence-electron chi connectivity index (χ3n) is 1.58. The van der Waals surface area contributed by atoms with Crippen LogP contribution in [0.4, 0.5) is 0 Å². The van der Waals surface area contributed by atoms with Gasteiger partial charge in [-0.3, -0.25) is 0 Å². The lowest BCUT2D eigenvalue weighted by molar-refractivity contribution is 0.191. The minimum atomic E-state index is -0.290. The lowest BCUT2D eigenvalue weighted by Crippen LogP contribution is -2.23. The maximum Gasteiger partial charge on any atom is 0.173 e. The van der Waals surface area contributed by atoms with Gasteiger partial charge in [0.1, 0.15) is 0 Å². The van der Waals surface area contributed by atoms with Crippen LogP contribution in [0.25, 0.3) is 0 Å². The van der Waals surface area contributed by atoms with Gasteiger partial charge in [-0.2, -0.15) is 0 Å². The van der Waals surface area contributed by atoms with Gasteiger partial charge in [0, 0.05) is 18.0 Å². The van der Waals surface area contributed by atoms with E-state index < -0.39 is 0 Å². The Balaban J connectivity index is 2.28. The van der Waals surface area contributed by atoms with Crippen molar-refractivity contribution in [2.75, 3.05) is 13.7 Å². The molecule has 4 heteroatoms. The molecule has 13 heavy (non-hydrogen) atoms. The topological polar surface area (TPSA) is 41.5 Å². The molecular weight excluding hydrogens is 186 g/mol. The predicted molar refractivity (Wildman–Crippen MR) is 54.3 cm³/mol. The van der Waals surface area contributed by atoms with Crippen molar-refractivity contribution in [3.8, 4) is 5.06 Å². The highest BCUT2D eigenvalue weighted by atomic mass is 32.1.